The maximum atomic E-state index is 11.1. The van der Waals surface area contributed by atoms with Gasteiger partial charge in [0, 0.05) is 6.92 Å². The number of amides is 1. The van der Waals surface area contributed by atoms with E-state index in [0.29, 0.717) is 0 Å². The van der Waals surface area contributed by atoms with Crippen molar-refractivity contribution < 1.29 is 39.9 Å². The fourth-order valence-electron chi connectivity index (χ4n) is 1.84. The summed E-state index contributed by atoms with van der Waals surface area (Å²) in [6.45, 7) is 0.338. The Morgan fingerprint density at radius 1 is 1.50 bits per heavy atom. The molecule has 1 unspecified atom stereocenters. The van der Waals surface area contributed by atoms with Crippen LogP contribution in [0.1, 0.15) is 6.92 Å². The molecule has 0 saturated heterocycles. The molecule has 0 bridgehead atoms. The van der Waals surface area contributed by atoms with Gasteiger partial charge in [0.25, 0.3) is 0 Å². The van der Waals surface area contributed by atoms with Crippen LogP contribution in [-0.4, -0.2) is 69.4 Å². The Balaban J connectivity index is 3.04. The number of aliphatic hydroxyl groups is 4. The third-order valence-corrected chi connectivity index (χ3v) is 2.80. The number of hydrogen-bond acceptors (Lipinski definition) is 8. The molecule has 0 aromatic carbocycles. The van der Waals surface area contributed by atoms with Gasteiger partial charge in [-0.3, -0.25) is 4.79 Å². The van der Waals surface area contributed by atoms with E-state index in [0.717, 1.165) is 13.0 Å². The second-order valence-corrected chi connectivity index (χ2v) is 4.36. The molecule has 114 valence electrons. The molecule has 1 aliphatic rings. The zero-order valence-corrected chi connectivity index (χ0v) is 10.6. The minimum absolute atomic E-state index is 0.557. The number of ether oxygens (including phenoxy) is 1. The monoisotopic (exact) mass is 290 g/mol. The number of aliphatic hydroxyl groups excluding tert-OH is 4. The standard InChI is InChI=1S/C11H17NO8/c1-4(14)12-8-5(15)2-7(11(18)19)20-10(8)9(17)6(16)3-13/h2,5-6,8-10,13,15-17H,3H2,1H3,(H,12,14)(H,18,19)/p-1/t5-,6+,8+,9+,10?/m0/s1. The van der Waals surface area contributed by atoms with Gasteiger partial charge in [0.05, 0.1) is 18.8 Å². The van der Waals surface area contributed by atoms with Crippen LogP contribution in [0.4, 0.5) is 0 Å². The minimum atomic E-state index is -1.73. The third kappa shape index (κ3) is 3.67. The molecule has 0 fully saturated rings. The smallest absolute Gasteiger partial charge is 0.217 e. The van der Waals surface area contributed by atoms with Gasteiger partial charge in [0.1, 0.15) is 23.9 Å². The zero-order chi connectivity index (χ0) is 15.4. The summed E-state index contributed by atoms with van der Waals surface area (Å²) in [5.41, 5.74) is 0. The molecule has 0 aromatic heterocycles. The molecule has 1 amide bonds. The summed E-state index contributed by atoms with van der Waals surface area (Å²) >= 11 is 0. The van der Waals surface area contributed by atoms with Crippen molar-refractivity contribution in [2.24, 2.45) is 0 Å². The molecule has 1 aliphatic heterocycles. The first-order chi connectivity index (χ1) is 9.27. The molecule has 20 heavy (non-hydrogen) atoms. The summed E-state index contributed by atoms with van der Waals surface area (Å²) in [6, 6.07) is -1.19. The van der Waals surface area contributed by atoms with E-state index in [1.165, 1.54) is 0 Å². The molecule has 0 spiro atoms. The fourth-order valence-corrected chi connectivity index (χ4v) is 1.84. The molecule has 0 radical (unpaired) electrons. The van der Waals surface area contributed by atoms with E-state index in [1.54, 1.807) is 0 Å². The van der Waals surface area contributed by atoms with Crippen molar-refractivity contribution in [2.45, 2.75) is 37.4 Å². The molecular weight excluding hydrogens is 274 g/mol. The van der Waals surface area contributed by atoms with E-state index < -0.39 is 54.7 Å². The van der Waals surface area contributed by atoms with Crippen LogP contribution >= 0.6 is 0 Å². The predicted molar refractivity (Wildman–Crippen MR) is 60.7 cm³/mol. The van der Waals surface area contributed by atoms with Crippen molar-refractivity contribution in [2.75, 3.05) is 6.61 Å². The number of aliphatic carboxylic acids is 1. The van der Waals surface area contributed by atoms with E-state index in [2.05, 4.69) is 5.32 Å². The molecule has 0 aliphatic carbocycles. The average Bonchev–Trinajstić information content (AvgIpc) is 2.38. The number of rotatable bonds is 5. The third-order valence-electron chi connectivity index (χ3n) is 2.80. The van der Waals surface area contributed by atoms with Gasteiger partial charge in [0.15, 0.2) is 6.10 Å². The van der Waals surface area contributed by atoms with Gasteiger partial charge >= 0.3 is 0 Å². The van der Waals surface area contributed by atoms with E-state index in [-0.39, 0.29) is 0 Å². The SMILES string of the molecule is CC(=O)N[C@H]1C([C@H](O)[C@H](O)CO)OC(C(=O)[O-])=C[C@@H]1O. The Morgan fingerprint density at radius 3 is 2.55 bits per heavy atom. The fraction of sp³-hybridized carbons (Fsp3) is 0.636. The Labute approximate surface area is 114 Å². The highest BCUT2D eigenvalue weighted by molar-refractivity contribution is 5.82. The summed E-state index contributed by atoms with van der Waals surface area (Å²) in [6.07, 6.45) is -5.48. The van der Waals surface area contributed by atoms with Crippen LogP contribution in [0.3, 0.4) is 0 Å². The lowest BCUT2D eigenvalue weighted by Crippen LogP contribution is -2.60. The van der Waals surface area contributed by atoms with Gasteiger partial charge in [-0.2, -0.15) is 0 Å². The van der Waals surface area contributed by atoms with Crippen LogP contribution in [0, 0.1) is 0 Å². The highest BCUT2D eigenvalue weighted by atomic mass is 16.5. The first kappa shape index (κ1) is 16.4. The van der Waals surface area contributed by atoms with E-state index >= 15 is 0 Å². The Kier molecular flexibility index (Phi) is 5.45. The van der Waals surface area contributed by atoms with Crippen LogP contribution in [0.15, 0.2) is 11.8 Å². The predicted octanol–water partition coefficient (Wildman–Crippen LogP) is -4.40. The lowest BCUT2D eigenvalue weighted by molar-refractivity contribution is -0.305. The van der Waals surface area contributed by atoms with Crippen LogP contribution in [0.5, 0.6) is 0 Å². The number of carboxylic acids is 1. The number of carbonyl (C=O) groups is 2. The molecular formula is C11H16NO8-. The quantitative estimate of drug-likeness (QED) is 0.339. The van der Waals surface area contributed by atoms with Gasteiger partial charge in [0.2, 0.25) is 5.91 Å². The Bertz CT molecular complexity index is 409. The topological polar surface area (TPSA) is 159 Å². The maximum absolute atomic E-state index is 11.1. The zero-order valence-electron chi connectivity index (χ0n) is 10.6. The van der Waals surface area contributed by atoms with E-state index in [4.69, 9.17) is 9.84 Å². The minimum Gasteiger partial charge on any atom is -0.542 e. The lowest BCUT2D eigenvalue weighted by Gasteiger charge is -2.39. The second-order valence-electron chi connectivity index (χ2n) is 4.36. The van der Waals surface area contributed by atoms with Crippen LogP contribution in [-0.2, 0) is 14.3 Å². The molecule has 0 saturated carbocycles. The van der Waals surface area contributed by atoms with Crippen molar-refractivity contribution in [3.8, 4) is 0 Å². The lowest BCUT2D eigenvalue weighted by atomic mass is 9.94. The molecule has 9 nitrogen and oxygen atoms in total. The molecule has 1 heterocycles. The van der Waals surface area contributed by atoms with E-state index in [1.807, 2.05) is 0 Å². The van der Waals surface area contributed by atoms with Crippen LogP contribution < -0.4 is 10.4 Å². The second kappa shape index (κ2) is 6.66. The summed E-state index contributed by atoms with van der Waals surface area (Å²) in [5.74, 6) is -3.01. The number of carbonyl (C=O) groups excluding carboxylic acids is 2. The van der Waals surface area contributed by atoms with Crippen molar-refractivity contribution in [1.82, 2.24) is 5.32 Å². The number of hydrogen-bond donors (Lipinski definition) is 5. The molecule has 5 N–H and O–H groups in total. The normalized spacial score (nSPS) is 28.9. The van der Waals surface area contributed by atoms with Gasteiger partial charge < -0.3 is 40.4 Å². The van der Waals surface area contributed by atoms with Gasteiger partial charge in [-0.25, -0.2) is 0 Å². The molecule has 0 aromatic rings. The van der Waals surface area contributed by atoms with Crippen molar-refractivity contribution in [3.05, 3.63) is 11.8 Å². The Morgan fingerprint density at radius 2 is 2.10 bits per heavy atom. The van der Waals surface area contributed by atoms with Crippen molar-refractivity contribution in [3.63, 3.8) is 0 Å². The highest BCUT2D eigenvalue weighted by Crippen LogP contribution is 2.22. The van der Waals surface area contributed by atoms with Gasteiger partial charge in [-0.15, -0.1) is 0 Å². The molecule has 5 atom stereocenters. The summed E-state index contributed by atoms with van der Waals surface area (Å²) in [4.78, 5) is 21.8. The van der Waals surface area contributed by atoms with Crippen molar-refractivity contribution in [1.29, 1.82) is 0 Å². The first-order valence-electron chi connectivity index (χ1n) is 5.80. The highest BCUT2D eigenvalue weighted by Gasteiger charge is 2.41. The Hall–Kier alpha value is -1.68. The molecule has 9 heteroatoms. The summed E-state index contributed by atoms with van der Waals surface area (Å²) < 4.78 is 4.92. The number of carboxylic acid groups (broad SMARTS) is 1. The average molecular weight is 290 g/mol. The first-order valence-corrected chi connectivity index (χ1v) is 5.80. The van der Waals surface area contributed by atoms with Gasteiger partial charge in [-0.1, -0.05) is 0 Å². The molecule has 1 rings (SSSR count). The van der Waals surface area contributed by atoms with Crippen molar-refractivity contribution >= 4 is 11.9 Å². The largest absolute Gasteiger partial charge is 0.542 e. The van der Waals surface area contributed by atoms with E-state index in [9.17, 15) is 30.0 Å². The maximum Gasteiger partial charge on any atom is 0.217 e. The van der Waals surface area contributed by atoms with Crippen LogP contribution in [0.2, 0.25) is 0 Å². The van der Waals surface area contributed by atoms with Gasteiger partial charge in [-0.05, 0) is 6.08 Å². The summed E-state index contributed by atoms with van der Waals surface area (Å²) in [7, 11) is 0. The number of nitrogens with one attached hydrogen (secondary N) is 1. The summed E-state index contributed by atoms with van der Waals surface area (Å²) in [5, 5.41) is 50.8. The van der Waals surface area contributed by atoms with Crippen LogP contribution in [0.25, 0.3) is 0 Å².